The van der Waals surface area contributed by atoms with E-state index in [0.29, 0.717) is 24.8 Å². The molecular formula is C28H35FO8. The molecule has 0 aromatic rings. The van der Waals surface area contributed by atoms with E-state index in [4.69, 9.17) is 14.2 Å². The monoisotopic (exact) mass is 518 g/mol. The number of hydrogen-bond acceptors (Lipinski definition) is 8. The smallest absolute Gasteiger partial charge is 0.303 e. The molecule has 9 heteroatoms. The first kappa shape index (κ1) is 27.2. The molecule has 4 aliphatic rings. The molecular weight excluding hydrogens is 483 g/mol. The standard InChI is InChI=1S/C28H35FO8/c1-15-11-22-21-8-7-19-12-20(33)9-10-25(19,5)27(21,29)24(36-17(3)31)13-26(22,6)28(15,37-18(4)32)23(34)14-35-16(2)30/h9-10,12,15,21-22,24H,7-8,11,13-14H2,1-6H3/t15-,21-,22-,24-,25+,26+,27+,28+/m1/s1. The van der Waals surface area contributed by atoms with E-state index in [2.05, 4.69) is 0 Å². The second kappa shape index (κ2) is 8.88. The maximum atomic E-state index is 17.9. The van der Waals surface area contributed by atoms with E-state index < -0.39 is 76.3 Å². The lowest BCUT2D eigenvalue weighted by atomic mass is 9.44. The predicted octanol–water partition coefficient (Wildman–Crippen LogP) is 3.61. The van der Waals surface area contributed by atoms with Crippen LogP contribution in [0.1, 0.15) is 67.2 Å². The second-order valence-corrected chi connectivity index (χ2v) is 11.5. The van der Waals surface area contributed by atoms with E-state index in [0.717, 1.165) is 0 Å². The normalized spacial score (nSPS) is 42.0. The summed E-state index contributed by atoms with van der Waals surface area (Å²) in [6.07, 6.45) is 4.28. The van der Waals surface area contributed by atoms with Gasteiger partial charge in [0.05, 0.1) is 0 Å². The van der Waals surface area contributed by atoms with Crippen LogP contribution in [0.25, 0.3) is 0 Å². The Kier molecular flexibility index (Phi) is 6.53. The van der Waals surface area contributed by atoms with Crippen LogP contribution in [-0.4, -0.2) is 53.5 Å². The summed E-state index contributed by atoms with van der Waals surface area (Å²) in [5, 5.41) is 0. The van der Waals surface area contributed by atoms with Gasteiger partial charge in [-0.2, -0.15) is 0 Å². The van der Waals surface area contributed by atoms with Crippen molar-refractivity contribution >= 4 is 29.5 Å². The van der Waals surface area contributed by atoms with Gasteiger partial charge in [0, 0.05) is 43.4 Å². The minimum atomic E-state index is -2.06. The van der Waals surface area contributed by atoms with Crippen LogP contribution in [0.15, 0.2) is 23.8 Å². The van der Waals surface area contributed by atoms with E-state index in [9.17, 15) is 24.0 Å². The molecule has 0 amide bonds. The number of halogens is 1. The Morgan fingerprint density at radius 2 is 1.73 bits per heavy atom. The number of Topliss-reactive ketones (excluding diaryl/α,β-unsaturated/α-hetero) is 1. The third-order valence-electron chi connectivity index (χ3n) is 9.59. The van der Waals surface area contributed by atoms with E-state index in [-0.39, 0.29) is 12.2 Å². The van der Waals surface area contributed by atoms with Gasteiger partial charge < -0.3 is 14.2 Å². The van der Waals surface area contributed by atoms with Gasteiger partial charge in [0.25, 0.3) is 0 Å². The number of rotatable bonds is 5. The average Bonchev–Trinajstić information content (AvgIpc) is 3.00. The number of hydrogen-bond donors (Lipinski definition) is 0. The average molecular weight is 519 g/mol. The first-order chi connectivity index (χ1) is 17.1. The number of carbonyl (C=O) groups is 5. The lowest BCUT2D eigenvalue weighted by molar-refractivity contribution is -0.235. The maximum Gasteiger partial charge on any atom is 0.303 e. The van der Waals surface area contributed by atoms with E-state index in [1.807, 2.05) is 0 Å². The number of carbonyl (C=O) groups excluding carboxylic acids is 5. The van der Waals surface area contributed by atoms with Gasteiger partial charge in [-0.05, 0) is 50.7 Å². The first-order valence-corrected chi connectivity index (χ1v) is 12.8. The van der Waals surface area contributed by atoms with Gasteiger partial charge in [-0.25, -0.2) is 4.39 Å². The van der Waals surface area contributed by atoms with Crippen LogP contribution in [0.2, 0.25) is 0 Å². The van der Waals surface area contributed by atoms with Crippen LogP contribution in [0.4, 0.5) is 4.39 Å². The van der Waals surface area contributed by atoms with Crippen molar-refractivity contribution in [1.82, 2.24) is 0 Å². The minimum absolute atomic E-state index is 0.0850. The summed E-state index contributed by atoms with van der Waals surface area (Å²) >= 11 is 0. The molecule has 0 aromatic heterocycles. The Balaban J connectivity index is 1.89. The number of allylic oxidation sites excluding steroid dienone is 4. The fourth-order valence-corrected chi connectivity index (χ4v) is 8.19. The van der Waals surface area contributed by atoms with Gasteiger partial charge >= 0.3 is 17.9 Å². The van der Waals surface area contributed by atoms with Crippen LogP contribution in [0.3, 0.4) is 0 Å². The molecule has 8 nitrogen and oxygen atoms in total. The topological polar surface area (TPSA) is 113 Å². The number of esters is 3. The number of fused-ring (bicyclic) bond motifs is 5. The molecule has 0 aromatic carbocycles. The first-order valence-electron chi connectivity index (χ1n) is 12.8. The van der Waals surface area contributed by atoms with Gasteiger partial charge in [-0.15, -0.1) is 0 Å². The van der Waals surface area contributed by atoms with Crippen LogP contribution >= 0.6 is 0 Å². The zero-order chi connectivity index (χ0) is 27.6. The van der Waals surface area contributed by atoms with Crippen LogP contribution in [0.5, 0.6) is 0 Å². The molecule has 0 spiro atoms. The van der Waals surface area contributed by atoms with Gasteiger partial charge in [0.1, 0.15) is 6.10 Å². The van der Waals surface area contributed by atoms with Crippen molar-refractivity contribution in [3.8, 4) is 0 Å². The van der Waals surface area contributed by atoms with Gasteiger partial charge in [0.15, 0.2) is 23.7 Å². The molecule has 3 fully saturated rings. The molecule has 4 aliphatic carbocycles. The van der Waals surface area contributed by atoms with Crippen LogP contribution < -0.4 is 0 Å². The molecule has 0 saturated heterocycles. The van der Waals surface area contributed by atoms with Crippen molar-refractivity contribution in [2.75, 3.05) is 6.61 Å². The lowest BCUT2D eigenvalue weighted by Gasteiger charge is -2.63. The summed E-state index contributed by atoms with van der Waals surface area (Å²) in [6.45, 7) is 8.31. The molecule has 0 aliphatic heterocycles. The number of alkyl halides is 1. The largest absolute Gasteiger partial charge is 0.459 e. The Morgan fingerprint density at radius 1 is 1.05 bits per heavy atom. The molecule has 4 rings (SSSR count). The Bertz CT molecular complexity index is 1130. The molecule has 0 unspecified atom stereocenters. The highest BCUT2D eigenvalue weighted by Gasteiger charge is 2.78. The summed E-state index contributed by atoms with van der Waals surface area (Å²) in [5.74, 6) is -4.37. The molecule has 3 saturated carbocycles. The molecule has 0 radical (unpaired) electrons. The third kappa shape index (κ3) is 3.71. The summed E-state index contributed by atoms with van der Waals surface area (Å²) in [6, 6.07) is 0. The molecule has 8 atom stereocenters. The lowest BCUT2D eigenvalue weighted by Crippen LogP contribution is -2.70. The number of ether oxygens (including phenoxy) is 3. The number of ketones is 2. The second-order valence-electron chi connectivity index (χ2n) is 11.5. The van der Waals surface area contributed by atoms with Crippen molar-refractivity contribution in [2.24, 2.45) is 28.6 Å². The van der Waals surface area contributed by atoms with Gasteiger partial charge in [-0.1, -0.05) is 25.5 Å². The Hall–Kier alpha value is -2.84. The van der Waals surface area contributed by atoms with Gasteiger partial charge in [-0.3, -0.25) is 24.0 Å². The van der Waals surface area contributed by atoms with Crippen molar-refractivity contribution in [1.29, 1.82) is 0 Å². The minimum Gasteiger partial charge on any atom is -0.459 e. The van der Waals surface area contributed by atoms with Crippen LogP contribution in [-0.2, 0) is 38.2 Å². The predicted molar refractivity (Wildman–Crippen MR) is 129 cm³/mol. The van der Waals surface area contributed by atoms with Crippen molar-refractivity contribution in [3.63, 3.8) is 0 Å². The zero-order valence-electron chi connectivity index (χ0n) is 22.2. The SMILES string of the molecule is CC(=O)OCC(=O)[C@@]1(OC(C)=O)[C@H](C)C[C@@H]2[C@H]3CCC4=CC(=O)C=C[C@]4(C)[C@@]3(F)[C@H](OC(C)=O)C[C@@]21C. The van der Waals surface area contributed by atoms with Crippen molar-refractivity contribution < 1.29 is 42.6 Å². The quantitative estimate of drug-likeness (QED) is 0.401. The van der Waals surface area contributed by atoms with E-state index >= 15 is 4.39 Å². The molecule has 0 N–H and O–H groups in total. The Morgan fingerprint density at radius 3 is 2.32 bits per heavy atom. The highest BCUT2D eigenvalue weighted by atomic mass is 19.1. The fraction of sp³-hybridized carbons (Fsp3) is 0.679. The zero-order valence-corrected chi connectivity index (χ0v) is 22.2. The molecule has 0 bridgehead atoms. The Labute approximate surface area is 216 Å². The highest BCUT2D eigenvalue weighted by molar-refractivity contribution is 6.01. The van der Waals surface area contributed by atoms with E-state index in [1.54, 1.807) is 26.8 Å². The van der Waals surface area contributed by atoms with E-state index in [1.165, 1.54) is 32.9 Å². The molecule has 202 valence electrons. The highest BCUT2D eigenvalue weighted by Crippen LogP contribution is 2.71. The maximum absolute atomic E-state index is 17.9. The fourth-order valence-electron chi connectivity index (χ4n) is 8.19. The van der Waals surface area contributed by atoms with Crippen molar-refractivity contribution in [3.05, 3.63) is 23.8 Å². The summed E-state index contributed by atoms with van der Waals surface area (Å²) in [7, 11) is 0. The van der Waals surface area contributed by atoms with Crippen LogP contribution in [0, 0.1) is 28.6 Å². The molecule has 0 heterocycles. The molecule has 37 heavy (non-hydrogen) atoms. The third-order valence-corrected chi connectivity index (χ3v) is 9.59. The summed E-state index contributed by atoms with van der Waals surface area (Å²) < 4.78 is 34.4. The summed E-state index contributed by atoms with van der Waals surface area (Å²) in [5.41, 5.74) is -5.41. The summed E-state index contributed by atoms with van der Waals surface area (Å²) in [4.78, 5) is 62.1. The van der Waals surface area contributed by atoms with Crippen molar-refractivity contribution in [2.45, 2.75) is 84.6 Å². The van der Waals surface area contributed by atoms with Gasteiger partial charge in [0.2, 0.25) is 5.78 Å².